The van der Waals surface area contributed by atoms with Crippen LogP contribution in [0.5, 0.6) is 0 Å². The highest BCUT2D eigenvalue weighted by Crippen LogP contribution is 2.46. The molecule has 0 N–H and O–H groups in total. The minimum absolute atomic E-state index is 0.661. The lowest BCUT2D eigenvalue weighted by Gasteiger charge is -2.36. The summed E-state index contributed by atoms with van der Waals surface area (Å²) in [6, 6.07) is 77.6. The van der Waals surface area contributed by atoms with Crippen LogP contribution in [0.25, 0.3) is 0 Å². The molecule has 0 aromatic heterocycles. The number of hydrogen-bond donors (Lipinski definition) is 0. The molecule has 5 heteroatoms. The third-order valence-corrected chi connectivity index (χ3v) is 21.0. The van der Waals surface area contributed by atoms with Crippen LogP contribution in [-0.2, 0) is 9.13 Å². The van der Waals surface area contributed by atoms with Gasteiger partial charge >= 0.3 is 0 Å². The third kappa shape index (κ3) is 6.12. The van der Waals surface area contributed by atoms with Crippen molar-refractivity contribution in [2.75, 3.05) is 0 Å². The Labute approximate surface area is 313 Å². The molecule has 0 fully saturated rings. The molecule has 0 heterocycles. The van der Waals surface area contributed by atoms with Crippen LogP contribution in [0, 0.1) is 0 Å². The second kappa shape index (κ2) is 14.8. The number of hydrogen-bond acceptors (Lipinski definition) is 2. The summed E-state index contributed by atoms with van der Waals surface area (Å²) in [6.45, 7) is 0. The molecule has 0 spiro atoms. The lowest BCUT2D eigenvalue weighted by atomic mass is 10.3. The summed E-state index contributed by atoms with van der Waals surface area (Å²) >= 11 is 0. The van der Waals surface area contributed by atoms with Gasteiger partial charge in [-0.05, 0) is 26.8 Å². The van der Waals surface area contributed by atoms with Gasteiger partial charge in [0, 0.05) is 31.8 Å². The predicted molar refractivity (Wildman–Crippen MR) is 229 cm³/mol. The van der Waals surface area contributed by atoms with Crippen LogP contribution in [0.1, 0.15) is 0 Å². The van der Waals surface area contributed by atoms with E-state index in [-0.39, 0.29) is 0 Å². The van der Waals surface area contributed by atoms with Gasteiger partial charge in [-0.1, -0.05) is 224 Å². The molecule has 0 atom stereocenters. The Morgan fingerprint density at radius 1 is 0.245 bits per heavy atom. The first-order valence-electron chi connectivity index (χ1n) is 17.8. The zero-order chi connectivity index (χ0) is 36.1. The summed E-state index contributed by atoms with van der Waals surface area (Å²) in [7, 11) is -10.2. The lowest BCUT2D eigenvalue weighted by Crippen LogP contribution is -2.75. The van der Waals surface area contributed by atoms with Gasteiger partial charge in [-0.3, -0.25) is 0 Å². The highest BCUT2D eigenvalue weighted by Gasteiger charge is 2.44. The number of rotatable bonds is 10. The molecule has 0 unspecified atom stereocenters. The third-order valence-electron chi connectivity index (χ3n) is 10.2. The molecule has 0 aliphatic carbocycles. The van der Waals surface area contributed by atoms with E-state index in [0.717, 1.165) is 26.4 Å². The molecule has 0 radical (unpaired) electrons. The zero-order valence-corrected chi connectivity index (χ0v) is 31.9. The van der Waals surface area contributed by atoms with Crippen molar-refractivity contribution in [2.45, 2.75) is 0 Å². The molecular formula is C48H38O2P2Si. The molecule has 0 saturated heterocycles. The van der Waals surface area contributed by atoms with Gasteiger partial charge in [-0.15, -0.1) is 0 Å². The predicted octanol–water partition coefficient (Wildman–Crippen LogP) is 6.34. The van der Waals surface area contributed by atoms with Gasteiger partial charge in [0.2, 0.25) is 0 Å². The average Bonchev–Trinajstić information content (AvgIpc) is 3.25. The molecule has 0 amide bonds. The highest BCUT2D eigenvalue weighted by molar-refractivity contribution is 7.86. The SMILES string of the molecule is O=P(c1ccccc1)(c1ccccc1)c1cc([Si](c2ccccc2)(c2ccccc2)c2ccccc2)cc(P(=O)(c2ccccc2)c2ccccc2)c1. The van der Waals surface area contributed by atoms with Crippen LogP contribution in [-0.4, -0.2) is 8.07 Å². The average molecular weight is 737 g/mol. The Bertz CT molecular complexity index is 2230. The van der Waals surface area contributed by atoms with Crippen LogP contribution in [0.4, 0.5) is 0 Å². The van der Waals surface area contributed by atoms with Crippen LogP contribution in [0.3, 0.4) is 0 Å². The van der Waals surface area contributed by atoms with E-state index in [1.807, 2.05) is 127 Å². The fourth-order valence-corrected chi connectivity index (χ4v) is 18.3. The van der Waals surface area contributed by atoms with E-state index in [4.69, 9.17) is 0 Å². The van der Waals surface area contributed by atoms with Crippen LogP contribution in [0.2, 0.25) is 0 Å². The molecule has 8 aromatic rings. The van der Waals surface area contributed by atoms with Crippen molar-refractivity contribution >= 4 is 74.9 Å². The highest BCUT2D eigenvalue weighted by atomic mass is 31.2. The maximum Gasteiger partial charge on any atom is 0.179 e. The summed E-state index contributed by atoms with van der Waals surface area (Å²) in [5.41, 5.74) is 0. The molecular weight excluding hydrogens is 699 g/mol. The summed E-state index contributed by atoms with van der Waals surface area (Å²) < 4.78 is 32.8. The fourth-order valence-electron chi connectivity index (χ4n) is 7.69. The zero-order valence-electron chi connectivity index (χ0n) is 29.2. The molecule has 256 valence electrons. The Morgan fingerprint density at radius 2 is 0.472 bits per heavy atom. The van der Waals surface area contributed by atoms with Gasteiger partial charge in [0.15, 0.2) is 22.4 Å². The van der Waals surface area contributed by atoms with Gasteiger partial charge in [-0.2, -0.15) is 0 Å². The molecule has 53 heavy (non-hydrogen) atoms. The van der Waals surface area contributed by atoms with E-state index in [1.165, 1.54) is 15.6 Å². The standard InChI is InChI=1S/C48H38O2P2Si/c49-51(39-22-8-1-9-23-39,40-24-10-2-11-25-40)43-36-44(52(50,41-26-12-3-13-27-41)42-28-14-4-15-29-42)38-48(37-43)53(45-30-16-5-17-31-45,46-32-18-6-19-33-46)47-34-20-7-21-35-47/h1-38H. The Hall–Kier alpha value is -5.56. The van der Waals surface area contributed by atoms with E-state index in [2.05, 4.69) is 103 Å². The smallest absolute Gasteiger partial charge is 0.179 e. The summed E-state index contributed by atoms with van der Waals surface area (Å²) in [4.78, 5) is 0. The normalized spacial score (nSPS) is 11.9. The van der Waals surface area contributed by atoms with E-state index in [0.29, 0.717) is 10.6 Å². The quantitative estimate of drug-likeness (QED) is 0.0934. The largest absolute Gasteiger partial charge is 0.309 e. The summed E-state index contributed by atoms with van der Waals surface area (Å²) in [6.07, 6.45) is 0. The molecule has 0 bridgehead atoms. The van der Waals surface area contributed by atoms with Gasteiger partial charge < -0.3 is 9.13 Å². The Kier molecular flexibility index (Phi) is 9.65. The van der Waals surface area contributed by atoms with Crippen molar-refractivity contribution in [3.05, 3.63) is 231 Å². The lowest BCUT2D eigenvalue weighted by molar-refractivity contribution is 0.592. The maximum absolute atomic E-state index is 16.4. The molecule has 0 saturated carbocycles. The Balaban J connectivity index is 1.58. The van der Waals surface area contributed by atoms with Gasteiger partial charge in [0.25, 0.3) is 0 Å². The van der Waals surface area contributed by atoms with Crippen molar-refractivity contribution in [3.8, 4) is 0 Å². The second-order valence-corrected chi connectivity index (χ2v) is 22.5. The van der Waals surface area contributed by atoms with Crippen molar-refractivity contribution in [3.63, 3.8) is 0 Å². The van der Waals surface area contributed by atoms with Crippen molar-refractivity contribution in [1.29, 1.82) is 0 Å². The van der Waals surface area contributed by atoms with Crippen LogP contribution in [0.15, 0.2) is 231 Å². The van der Waals surface area contributed by atoms with E-state index >= 15 is 9.13 Å². The summed E-state index contributed by atoms with van der Waals surface area (Å²) in [5.74, 6) is 0. The monoisotopic (exact) mass is 736 g/mol. The van der Waals surface area contributed by atoms with E-state index in [9.17, 15) is 0 Å². The van der Waals surface area contributed by atoms with Gasteiger partial charge in [0.1, 0.15) is 0 Å². The molecule has 8 aromatic carbocycles. The van der Waals surface area contributed by atoms with Gasteiger partial charge in [0.05, 0.1) is 0 Å². The van der Waals surface area contributed by atoms with Crippen molar-refractivity contribution in [2.24, 2.45) is 0 Å². The minimum atomic E-state index is -3.53. The van der Waals surface area contributed by atoms with E-state index in [1.54, 1.807) is 0 Å². The molecule has 0 aliphatic heterocycles. The first kappa shape index (κ1) is 34.5. The second-order valence-electron chi connectivity index (χ2n) is 13.1. The van der Waals surface area contributed by atoms with Crippen LogP contribution < -0.4 is 52.6 Å². The van der Waals surface area contributed by atoms with Crippen LogP contribution >= 0.6 is 14.3 Å². The molecule has 2 nitrogen and oxygen atoms in total. The fraction of sp³-hybridized carbons (Fsp3) is 0. The first-order valence-corrected chi connectivity index (χ1v) is 23.2. The summed E-state index contributed by atoms with van der Waals surface area (Å²) in [5, 5.41) is 8.82. The minimum Gasteiger partial charge on any atom is -0.309 e. The van der Waals surface area contributed by atoms with Gasteiger partial charge in [-0.25, -0.2) is 0 Å². The van der Waals surface area contributed by atoms with E-state index < -0.39 is 22.4 Å². The molecule has 8 rings (SSSR count). The number of benzene rings is 8. The maximum atomic E-state index is 16.4. The molecule has 0 aliphatic rings. The Morgan fingerprint density at radius 3 is 0.717 bits per heavy atom. The first-order chi connectivity index (χ1) is 26.1. The van der Waals surface area contributed by atoms with Crippen molar-refractivity contribution < 1.29 is 9.13 Å². The van der Waals surface area contributed by atoms with Crippen molar-refractivity contribution in [1.82, 2.24) is 0 Å². The topological polar surface area (TPSA) is 34.1 Å².